The standard InChI is InChI=1S/C9H12N4O4S/c14-8(15)9(5-12-4-2-10-11-12)6-18(16,17)7-1-3-13(7)9/h2,4,7H,1,3,5-6H2,(H,14,15). The van der Waals surface area contributed by atoms with E-state index in [4.69, 9.17) is 0 Å². The molecule has 2 saturated heterocycles. The third-order valence-electron chi connectivity index (χ3n) is 3.66. The van der Waals surface area contributed by atoms with Crippen molar-refractivity contribution in [2.45, 2.75) is 23.9 Å². The van der Waals surface area contributed by atoms with Gasteiger partial charge < -0.3 is 5.11 Å². The van der Waals surface area contributed by atoms with Crippen molar-refractivity contribution < 1.29 is 18.3 Å². The highest BCUT2D eigenvalue weighted by atomic mass is 32.2. The summed E-state index contributed by atoms with van der Waals surface area (Å²) in [4.78, 5) is 13.1. The monoisotopic (exact) mass is 272 g/mol. The van der Waals surface area contributed by atoms with Crippen molar-refractivity contribution >= 4 is 15.8 Å². The van der Waals surface area contributed by atoms with Gasteiger partial charge in [0.05, 0.1) is 18.5 Å². The highest BCUT2D eigenvalue weighted by molar-refractivity contribution is 7.92. The Bertz CT molecular complexity index is 584. The molecule has 18 heavy (non-hydrogen) atoms. The molecule has 0 aliphatic carbocycles. The molecular weight excluding hydrogens is 260 g/mol. The molecular formula is C9H12N4O4S. The van der Waals surface area contributed by atoms with Crippen LogP contribution >= 0.6 is 0 Å². The third kappa shape index (κ3) is 1.40. The van der Waals surface area contributed by atoms with Gasteiger partial charge in [0, 0.05) is 12.7 Å². The Labute approximate surface area is 103 Å². The van der Waals surface area contributed by atoms with Gasteiger partial charge >= 0.3 is 5.97 Å². The summed E-state index contributed by atoms with van der Waals surface area (Å²) in [6.07, 6.45) is 3.48. The van der Waals surface area contributed by atoms with Gasteiger partial charge in [-0.15, -0.1) is 5.10 Å². The minimum Gasteiger partial charge on any atom is -0.480 e. The van der Waals surface area contributed by atoms with Gasteiger partial charge in [-0.25, -0.2) is 8.42 Å². The summed E-state index contributed by atoms with van der Waals surface area (Å²) in [6.45, 7) is 0.489. The first-order chi connectivity index (χ1) is 8.46. The van der Waals surface area contributed by atoms with E-state index in [-0.39, 0.29) is 12.3 Å². The van der Waals surface area contributed by atoms with Crippen molar-refractivity contribution in [3.05, 3.63) is 12.4 Å². The molecule has 0 spiro atoms. The summed E-state index contributed by atoms with van der Waals surface area (Å²) in [5, 5.41) is 16.1. The smallest absolute Gasteiger partial charge is 0.327 e. The Hall–Kier alpha value is -1.48. The van der Waals surface area contributed by atoms with Crippen LogP contribution in [0, 0.1) is 0 Å². The fourth-order valence-electron chi connectivity index (χ4n) is 2.71. The Kier molecular flexibility index (Phi) is 2.26. The van der Waals surface area contributed by atoms with Crippen molar-refractivity contribution in [2.24, 2.45) is 0 Å². The average molecular weight is 272 g/mol. The number of hydrogen-bond donors (Lipinski definition) is 1. The number of carboxylic acids is 1. The Morgan fingerprint density at radius 2 is 2.33 bits per heavy atom. The van der Waals surface area contributed by atoms with Gasteiger partial charge in [-0.3, -0.25) is 14.4 Å². The molecule has 2 fully saturated rings. The van der Waals surface area contributed by atoms with Crippen LogP contribution in [0.3, 0.4) is 0 Å². The van der Waals surface area contributed by atoms with Gasteiger partial charge in [-0.05, 0) is 6.42 Å². The van der Waals surface area contributed by atoms with Crippen molar-refractivity contribution in [3.63, 3.8) is 0 Å². The van der Waals surface area contributed by atoms with Crippen molar-refractivity contribution in [2.75, 3.05) is 12.3 Å². The van der Waals surface area contributed by atoms with Crippen molar-refractivity contribution in [1.82, 2.24) is 19.9 Å². The van der Waals surface area contributed by atoms with Crippen LogP contribution in [0.25, 0.3) is 0 Å². The molecule has 3 heterocycles. The number of nitrogens with zero attached hydrogens (tertiary/aromatic N) is 4. The maximum absolute atomic E-state index is 11.9. The van der Waals surface area contributed by atoms with E-state index in [2.05, 4.69) is 10.3 Å². The Balaban J connectivity index is 2.01. The van der Waals surface area contributed by atoms with Crippen LogP contribution < -0.4 is 0 Å². The minimum atomic E-state index is -3.36. The lowest BCUT2D eigenvalue weighted by Gasteiger charge is -2.42. The first-order valence-corrected chi connectivity index (χ1v) is 7.23. The number of aliphatic carboxylic acids is 1. The normalized spacial score (nSPS) is 33.9. The summed E-state index contributed by atoms with van der Waals surface area (Å²) >= 11 is 0. The molecule has 0 radical (unpaired) electrons. The molecule has 9 heteroatoms. The van der Waals surface area contributed by atoms with Crippen molar-refractivity contribution in [3.8, 4) is 0 Å². The summed E-state index contributed by atoms with van der Waals surface area (Å²) in [7, 11) is -3.36. The zero-order chi connectivity index (χ0) is 13.0. The van der Waals surface area contributed by atoms with Crippen LogP contribution in [-0.4, -0.2) is 62.6 Å². The number of sulfone groups is 1. The lowest BCUT2D eigenvalue weighted by Crippen LogP contribution is -2.62. The van der Waals surface area contributed by atoms with E-state index < -0.39 is 26.7 Å². The zero-order valence-corrected chi connectivity index (χ0v) is 10.2. The second-order valence-electron chi connectivity index (χ2n) is 4.68. The van der Waals surface area contributed by atoms with Gasteiger partial charge in [-0.2, -0.15) is 0 Å². The maximum atomic E-state index is 11.9. The molecule has 98 valence electrons. The fourth-order valence-corrected chi connectivity index (χ4v) is 5.11. The van der Waals surface area contributed by atoms with Crippen LogP contribution in [0.2, 0.25) is 0 Å². The minimum absolute atomic E-state index is 0.00192. The Morgan fingerprint density at radius 1 is 1.56 bits per heavy atom. The largest absolute Gasteiger partial charge is 0.480 e. The van der Waals surface area contributed by atoms with Crippen LogP contribution in [0.15, 0.2) is 12.4 Å². The topological polar surface area (TPSA) is 105 Å². The molecule has 8 nitrogen and oxygen atoms in total. The molecule has 0 bridgehead atoms. The fraction of sp³-hybridized carbons (Fsp3) is 0.667. The maximum Gasteiger partial charge on any atom is 0.327 e. The SMILES string of the molecule is O=C(O)C1(Cn2ccnn2)CS(=O)(=O)C2CCN21. The molecule has 1 aromatic heterocycles. The Morgan fingerprint density at radius 3 is 2.78 bits per heavy atom. The predicted octanol–water partition coefficient (Wildman–Crippen LogP) is -1.44. The molecule has 1 aromatic rings. The summed E-state index contributed by atoms with van der Waals surface area (Å²) < 4.78 is 25.2. The van der Waals surface area contributed by atoms with Crippen LogP contribution in [-0.2, 0) is 21.2 Å². The second-order valence-corrected chi connectivity index (χ2v) is 6.84. The molecule has 0 aromatic carbocycles. The number of aromatic nitrogens is 3. The van der Waals surface area contributed by atoms with E-state index in [0.717, 1.165) is 0 Å². The highest BCUT2D eigenvalue weighted by Gasteiger charge is 2.63. The molecule has 2 aliphatic rings. The molecule has 2 aliphatic heterocycles. The summed E-state index contributed by atoms with van der Waals surface area (Å²) in [5.41, 5.74) is -1.41. The van der Waals surface area contributed by atoms with Crippen molar-refractivity contribution in [1.29, 1.82) is 0 Å². The molecule has 2 unspecified atom stereocenters. The van der Waals surface area contributed by atoms with Gasteiger partial charge in [0.25, 0.3) is 0 Å². The molecule has 0 amide bonds. The highest BCUT2D eigenvalue weighted by Crippen LogP contribution is 2.41. The summed E-state index contributed by atoms with van der Waals surface area (Å²) in [6, 6.07) is 0. The number of hydrogen-bond acceptors (Lipinski definition) is 6. The van der Waals surface area contributed by atoms with Gasteiger partial charge in [0.1, 0.15) is 5.37 Å². The van der Waals surface area contributed by atoms with E-state index >= 15 is 0 Å². The first-order valence-electron chi connectivity index (χ1n) is 5.51. The molecule has 2 atom stereocenters. The second kappa shape index (κ2) is 3.51. The van der Waals surface area contributed by atoms with E-state index in [0.29, 0.717) is 13.0 Å². The van der Waals surface area contributed by atoms with E-state index in [1.165, 1.54) is 17.1 Å². The van der Waals surface area contributed by atoms with Gasteiger partial charge in [0.15, 0.2) is 15.4 Å². The molecule has 1 N–H and O–H groups in total. The number of fused-ring (bicyclic) bond motifs is 1. The van der Waals surface area contributed by atoms with Gasteiger partial charge in [0.2, 0.25) is 0 Å². The quantitative estimate of drug-likeness (QED) is 0.718. The predicted molar refractivity (Wildman–Crippen MR) is 59.3 cm³/mol. The van der Waals surface area contributed by atoms with Crippen LogP contribution in [0.4, 0.5) is 0 Å². The number of rotatable bonds is 3. The lowest BCUT2D eigenvalue weighted by molar-refractivity contribution is -0.154. The molecule has 0 saturated carbocycles. The van der Waals surface area contributed by atoms with E-state index in [1.807, 2.05) is 0 Å². The van der Waals surface area contributed by atoms with Crippen LogP contribution in [0.1, 0.15) is 6.42 Å². The van der Waals surface area contributed by atoms with Gasteiger partial charge in [-0.1, -0.05) is 5.21 Å². The molecule has 3 rings (SSSR count). The number of carbonyl (C=O) groups is 1. The van der Waals surface area contributed by atoms with E-state index in [1.54, 1.807) is 4.90 Å². The third-order valence-corrected chi connectivity index (χ3v) is 5.86. The lowest BCUT2D eigenvalue weighted by atomic mass is 9.96. The summed E-state index contributed by atoms with van der Waals surface area (Å²) in [5.74, 6) is -1.48. The zero-order valence-electron chi connectivity index (χ0n) is 9.43. The van der Waals surface area contributed by atoms with Crippen LogP contribution in [0.5, 0.6) is 0 Å². The van der Waals surface area contributed by atoms with E-state index in [9.17, 15) is 18.3 Å². The average Bonchev–Trinajstić information content (AvgIpc) is 2.70. The first kappa shape index (κ1) is 11.6. The number of carboxylic acid groups (broad SMARTS) is 1.